The van der Waals surface area contributed by atoms with Gasteiger partial charge in [-0.25, -0.2) is 13.2 Å². The van der Waals surface area contributed by atoms with E-state index >= 15 is 0 Å². The predicted molar refractivity (Wildman–Crippen MR) is 118 cm³/mol. The molecule has 0 N–H and O–H groups in total. The van der Waals surface area contributed by atoms with Gasteiger partial charge in [0.05, 0.1) is 11.5 Å². The first-order valence-electron chi connectivity index (χ1n) is 10.1. The largest absolute Gasteiger partial charge is 0.423 e. The summed E-state index contributed by atoms with van der Waals surface area (Å²) in [5, 5.41) is 1.26. The molecule has 2 aliphatic heterocycles. The highest BCUT2D eigenvalue weighted by molar-refractivity contribution is 7.89. The van der Waals surface area contributed by atoms with Crippen molar-refractivity contribution in [2.75, 3.05) is 24.7 Å². The fourth-order valence-corrected chi connectivity index (χ4v) is 6.03. The van der Waals surface area contributed by atoms with Gasteiger partial charge in [0.2, 0.25) is 10.0 Å². The van der Waals surface area contributed by atoms with E-state index in [4.69, 9.17) is 20.8 Å². The molecule has 0 spiro atoms. The number of piperidine rings is 1. The smallest absolute Gasteiger partial charge is 0.336 e. The molecule has 1 saturated heterocycles. The molecule has 0 bridgehead atoms. The maximum Gasteiger partial charge on any atom is 0.336 e. The van der Waals surface area contributed by atoms with Crippen LogP contribution in [-0.2, 0) is 21.4 Å². The molecule has 9 heteroatoms. The number of fused-ring (bicyclic) bond motifs is 2. The maximum absolute atomic E-state index is 13.2. The molecule has 0 amide bonds. The van der Waals surface area contributed by atoms with E-state index in [-0.39, 0.29) is 10.9 Å². The summed E-state index contributed by atoms with van der Waals surface area (Å²) in [6.07, 6.45) is 1.40. The third kappa shape index (κ3) is 3.85. The molecule has 7 nitrogen and oxygen atoms in total. The molecule has 0 saturated carbocycles. The maximum atomic E-state index is 13.2. The summed E-state index contributed by atoms with van der Waals surface area (Å²) in [5.41, 5.74) is 2.06. The summed E-state index contributed by atoms with van der Waals surface area (Å²) < 4.78 is 38.8. The highest BCUT2D eigenvalue weighted by Crippen LogP contribution is 2.33. The molecule has 5 rings (SSSR count). The highest BCUT2D eigenvalue weighted by Gasteiger charge is 2.33. The molecule has 31 heavy (non-hydrogen) atoms. The van der Waals surface area contributed by atoms with E-state index in [1.807, 2.05) is 18.2 Å². The summed E-state index contributed by atoms with van der Waals surface area (Å²) in [6.45, 7) is 1.87. The zero-order chi connectivity index (χ0) is 21.6. The second-order valence-electron chi connectivity index (χ2n) is 7.81. The summed E-state index contributed by atoms with van der Waals surface area (Å²) >= 11 is 6.11. The van der Waals surface area contributed by atoms with E-state index in [2.05, 4.69) is 4.90 Å². The molecule has 0 unspecified atom stereocenters. The third-order valence-electron chi connectivity index (χ3n) is 5.93. The van der Waals surface area contributed by atoms with E-state index in [0.29, 0.717) is 55.3 Å². The average Bonchev–Trinajstić information content (AvgIpc) is 2.78. The van der Waals surface area contributed by atoms with E-state index in [0.717, 1.165) is 11.3 Å². The van der Waals surface area contributed by atoms with Crippen LogP contribution in [0.5, 0.6) is 0 Å². The summed E-state index contributed by atoms with van der Waals surface area (Å²) in [6, 6.07) is 13.4. The number of anilines is 1. The second-order valence-corrected chi connectivity index (χ2v) is 10.2. The van der Waals surface area contributed by atoms with Gasteiger partial charge in [-0.3, -0.25) is 0 Å². The Morgan fingerprint density at radius 1 is 1.00 bits per heavy atom. The van der Waals surface area contributed by atoms with E-state index < -0.39 is 15.6 Å². The molecule has 0 atom stereocenters. The fraction of sp³-hybridized carbons (Fsp3) is 0.318. The van der Waals surface area contributed by atoms with Crippen LogP contribution in [0.1, 0.15) is 18.4 Å². The van der Waals surface area contributed by atoms with Gasteiger partial charge in [-0.1, -0.05) is 11.6 Å². The monoisotopic (exact) mass is 460 g/mol. The zero-order valence-electron chi connectivity index (χ0n) is 16.7. The highest BCUT2D eigenvalue weighted by atomic mass is 35.5. The van der Waals surface area contributed by atoms with Crippen LogP contribution < -0.4 is 10.5 Å². The Labute approximate surface area is 184 Å². The molecule has 0 radical (unpaired) electrons. The topological polar surface area (TPSA) is 80.1 Å². The fourth-order valence-electron chi connectivity index (χ4n) is 4.33. The van der Waals surface area contributed by atoms with Crippen molar-refractivity contribution in [3.8, 4) is 0 Å². The lowest BCUT2D eigenvalue weighted by Crippen LogP contribution is -2.48. The molecule has 2 aliphatic rings. The summed E-state index contributed by atoms with van der Waals surface area (Å²) in [5.74, 6) is 0. The first-order valence-corrected chi connectivity index (χ1v) is 11.9. The van der Waals surface area contributed by atoms with E-state index in [1.54, 1.807) is 12.1 Å². The lowest BCUT2D eigenvalue weighted by Gasteiger charge is -2.41. The van der Waals surface area contributed by atoms with Crippen LogP contribution in [0.4, 0.5) is 5.69 Å². The van der Waals surface area contributed by atoms with Gasteiger partial charge < -0.3 is 14.1 Å². The number of hydrogen-bond donors (Lipinski definition) is 0. The van der Waals surface area contributed by atoms with Crippen molar-refractivity contribution in [3.05, 3.63) is 69.5 Å². The van der Waals surface area contributed by atoms with Crippen LogP contribution in [0.15, 0.2) is 62.6 Å². The molecular weight excluding hydrogens is 440 g/mol. The van der Waals surface area contributed by atoms with Crippen LogP contribution in [0.3, 0.4) is 0 Å². The van der Waals surface area contributed by atoms with Crippen LogP contribution in [0.2, 0.25) is 5.02 Å². The van der Waals surface area contributed by atoms with E-state index in [9.17, 15) is 13.2 Å². The number of halogens is 1. The summed E-state index contributed by atoms with van der Waals surface area (Å²) in [7, 11) is -3.64. The number of benzene rings is 2. The van der Waals surface area contributed by atoms with Gasteiger partial charge in [0.25, 0.3) is 0 Å². The van der Waals surface area contributed by atoms with Crippen molar-refractivity contribution in [2.24, 2.45) is 0 Å². The number of hydrogen-bond acceptors (Lipinski definition) is 6. The summed E-state index contributed by atoms with van der Waals surface area (Å²) in [4.78, 5) is 13.8. The number of rotatable bonds is 3. The molecular formula is C22H21ClN2O5S. The van der Waals surface area contributed by atoms with Gasteiger partial charge in [-0.15, -0.1) is 0 Å². The molecule has 1 aromatic heterocycles. The molecule has 2 aromatic carbocycles. The third-order valence-corrected chi connectivity index (χ3v) is 8.06. The molecule has 1 fully saturated rings. The predicted octanol–water partition coefficient (Wildman–Crippen LogP) is 3.59. The Morgan fingerprint density at radius 3 is 2.61 bits per heavy atom. The van der Waals surface area contributed by atoms with Gasteiger partial charge >= 0.3 is 5.63 Å². The minimum absolute atomic E-state index is 0.192. The molecule has 3 aromatic rings. The first kappa shape index (κ1) is 20.5. The lowest BCUT2D eigenvalue weighted by molar-refractivity contribution is 0.0988. The number of nitrogens with zero attached hydrogens (tertiary/aromatic N) is 2. The van der Waals surface area contributed by atoms with Gasteiger partial charge in [-0.2, -0.15) is 4.31 Å². The van der Waals surface area contributed by atoms with Gasteiger partial charge in [-0.05, 0) is 55.3 Å². The lowest BCUT2D eigenvalue weighted by atomic mass is 10.0. The Morgan fingerprint density at radius 2 is 1.81 bits per heavy atom. The minimum atomic E-state index is -3.64. The van der Waals surface area contributed by atoms with Gasteiger partial charge in [0.1, 0.15) is 12.3 Å². The average molecular weight is 461 g/mol. The Bertz CT molecular complexity index is 1300. The molecule has 162 valence electrons. The van der Waals surface area contributed by atoms with Gasteiger partial charge in [0.15, 0.2) is 0 Å². The number of sulfonamides is 1. The Balaban J connectivity index is 1.34. The Hall–Kier alpha value is -2.39. The zero-order valence-corrected chi connectivity index (χ0v) is 18.2. The van der Waals surface area contributed by atoms with Crippen molar-refractivity contribution in [1.82, 2.24) is 4.31 Å². The van der Waals surface area contributed by atoms with Crippen molar-refractivity contribution in [3.63, 3.8) is 0 Å². The van der Waals surface area contributed by atoms with Gasteiger partial charge in [0, 0.05) is 46.9 Å². The molecule has 0 aliphatic carbocycles. The van der Waals surface area contributed by atoms with Crippen LogP contribution in [0.25, 0.3) is 11.0 Å². The number of ether oxygens (including phenoxy) is 1. The quantitative estimate of drug-likeness (QED) is 0.556. The minimum Gasteiger partial charge on any atom is -0.423 e. The van der Waals surface area contributed by atoms with Crippen molar-refractivity contribution in [1.29, 1.82) is 0 Å². The molecule has 3 heterocycles. The van der Waals surface area contributed by atoms with Crippen LogP contribution >= 0.6 is 11.6 Å². The Kier molecular flexibility index (Phi) is 5.26. The van der Waals surface area contributed by atoms with Crippen LogP contribution in [-0.4, -0.2) is 38.6 Å². The van der Waals surface area contributed by atoms with Crippen molar-refractivity contribution >= 4 is 38.3 Å². The standard InChI is InChI=1S/C22H21ClN2O5S/c23-17-2-4-20-16(11-17)13-29-14-25(20)18-7-9-24(10-8-18)31(27,28)19-3-5-21-15(12-19)1-6-22(26)30-21/h1-6,11-12,18H,7-10,13-14H2. The SMILES string of the molecule is O=c1ccc2cc(S(=O)(=O)N3CCC(N4COCc5cc(Cl)ccc54)CC3)ccc2o1. The van der Waals surface area contributed by atoms with Crippen LogP contribution in [0, 0.1) is 0 Å². The first-order chi connectivity index (χ1) is 14.9. The second kappa shape index (κ2) is 7.94. The normalized spacial score (nSPS) is 18.3. The van der Waals surface area contributed by atoms with Crippen molar-refractivity contribution in [2.45, 2.75) is 30.4 Å². The van der Waals surface area contributed by atoms with Crippen molar-refractivity contribution < 1.29 is 17.6 Å². The van der Waals surface area contributed by atoms with E-state index in [1.165, 1.54) is 22.5 Å².